The maximum atomic E-state index is 11.6. The van der Waals surface area contributed by atoms with Crippen LogP contribution in [0, 0.1) is 0 Å². The Hall–Kier alpha value is -1.11. The van der Waals surface area contributed by atoms with Gasteiger partial charge in [-0.1, -0.05) is 6.08 Å². The monoisotopic (exact) mass is 243 g/mol. The topological polar surface area (TPSA) is 68.2 Å². The average Bonchev–Trinajstić information content (AvgIpc) is 2.87. The Morgan fingerprint density at radius 2 is 2.47 bits per heavy atom. The van der Waals surface area contributed by atoms with Gasteiger partial charge in [0.2, 0.25) is 0 Å². The Balaban J connectivity index is 2.04. The number of hydrogen-bond donors (Lipinski definition) is 1. The summed E-state index contributed by atoms with van der Waals surface area (Å²) in [7, 11) is 1.56. The average molecular weight is 243 g/mol. The fraction of sp³-hybridized carbons (Fsp3) is 0.727. The van der Waals surface area contributed by atoms with Crippen LogP contribution in [0.5, 0.6) is 0 Å². The summed E-state index contributed by atoms with van der Waals surface area (Å²) in [4.78, 5) is 13.2. The molecule has 0 unspecified atom stereocenters. The maximum absolute atomic E-state index is 11.6. The van der Waals surface area contributed by atoms with Crippen LogP contribution in [-0.2, 0) is 14.2 Å². The van der Waals surface area contributed by atoms with E-state index >= 15 is 0 Å². The van der Waals surface area contributed by atoms with Crippen LogP contribution in [0.4, 0.5) is 4.79 Å². The van der Waals surface area contributed by atoms with Gasteiger partial charge in [-0.3, -0.25) is 4.90 Å². The number of nitrogens with zero attached hydrogens (tertiary/aromatic N) is 1. The van der Waals surface area contributed by atoms with E-state index in [1.165, 1.54) is 0 Å². The van der Waals surface area contributed by atoms with Crippen molar-refractivity contribution in [1.29, 1.82) is 0 Å². The third-order valence-corrected chi connectivity index (χ3v) is 3.03. The summed E-state index contributed by atoms with van der Waals surface area (Å²) in [5.41, 5.74) is 0. The van der Waals surface area contributed by atoms with Gasteiger partial charge in [-0.15, -0.1) is 0 Å². The van der Waals surface area contributed by atoms with Crippen LogP contribution in [0.2, 0.25) is 0 Å². The number of cyclic esters (lactones) is 1. The largest absolute Gasteiger partial charge is 0.440 e. The van der Waals surface area contributed by atoms with E-state index in [0.717, 1.165) is 6.42 Å². The van der Waals surface area contributed by atoms with E-state index in [-0.39, 0.29) is 37.7 Å². The highest BCUT2D eigenvalue weighted by molar-refractivity contribution is 5.71. The number of ether oxygens (including phenoxy) is 3. The second kappa shape index (κ2) is 5.48. The van der Waals surface area contributed by atoms with Crippen LogP contribution in [-0.4, -0.2) is 61.4 Å². The summed E-state index contributed by atoms with van der Waals surface area (Å²) in [6.45, 7) is 0.783. The van der Waals surface area contributed by atoms with Crippen LogP contribution < -0.4 is 0 Å². The lowest BCUT2D eigenvalue weighted by atomic mass is 10.1. The number of aliphatic hydroxyl groups excluding tert-OH is 1. The fourth-order valence-electron chi connectivity index (χ4n) is 2.33. The van der Waals surface area contributed by atoms with Crippen molar-refractivity contribution in [3.63, 3.8) is 0 Å². The molecule has 2 rings (SSSR count). The number of amides is 1. The number of rotatable bonds is 5. The molecular weight excluding hydrogens is 226 g/mol. The van der Waals surface area contributed by atoms with Gasteiger partial charge in [0.15, 0.2) is 0 Å². The van der Waals surface area contributed by atoms with Crippen molar-refractivity contribution in [2.24, 2.45) is 0 Å². The summed E-state index contributed by atoms with van der Waals surface area (Å²) in [6, 6.07) is -0.111. The lowest BCUT2D eigenvalue weighted by Crippen LogP contribution is -2.38. The minimum Gasteiger partial charge on any atom is -0.440 e. The highest BCUT2D eigenvalue weighted by atomic mass is 16.7. The van der Waals surface area contributed by atoms with Gasteiger partial charge in [0.05, 0.1) is 12.7 Å². The lowest BCUT2D eigenvalue weighted by molar-refractivity contribution is -0.0816. The predicted octanol–water partition coefficient (Wildman–Crippen LogP) is 0.117. The summed E-state index contributed by atoms with van der Waals surface area (Å²) >= 11 is 0. The molecule has 1 amide bonds. The van der Waals surface area contributed by atoms with E-state index in [9.17, 15) is 4.79 Å². The molecule has 17 heavy (non-hydrogen) atoms. The van der Waals surface area contributed by atoms with E-state index in [4.69, 9.17) is 19.3 Å². The van der Waals surface area contributed by atoms with Crippen molar-refractivity contribution < 1.29 is 24.1 Å². The summed E-state index contributed by atoms with van der Waals surface area (Å²) < 4.78 is 15.6. The van der Waals surface area contributed by atoms with Crippen molar-refractivity contribution in [1.82, 2.24) is 4.90 Å². The zero-order chi connectivity index (χ0) is 12.3. The molecular formula is C11H17NO5. The molecule has 6 nitrogen and oxygen atoms in total. The number of fused-ring (bicyclic) bond motifs is 1. The van der Waals surface area contributed by atoms with Crippen LogP contribution >= 0.6 is 0 Å². The smallest absolute Gasteiger partial charge is 0.410 e. The first-order chi connectivity index (χ1) is 8.27. The van der Waals surface area contributed by atoms with Crippen molar-refractivity contribution in [3.8, 4) is 0 Å². The molecule has 3 atom stereocenters. The second-order valence-electron chi connectivity index (χ2n) is 4.04. The third kappa shape index (κ3) is 2.43. The number of methoxy groups -OCH3 is 1. The maximum Gasteiger partial charge on any atom is 0.410 e. The minimum atomic E-state index is -0.348. The van der Waals surface area contributed by atoms with Gasteiger partial charge < -0.3 is 19.3 Å². The zero-order valence-electron chi connectivity index (χ0n) is 9.74. The fourth-order valence-corrected chi connectivity index (χ4v) is 2.33. The van der Waals surface area contributed by atoms with E-state index in [1.807, 2.05) is 0 Å². The lowest BCUT2D eigenvalue weighted by Gasteiger charge is -2.21. The molecule has 0 bridgehead atoms. The molecule has 0 aromatic heterocycles. The summed E-state index contributed by atoms with van der Waals surface area (Å²) in [6.07, 6.45) is 3.33. The molecule has 0 saturated carbocycles. The number of carbonyl (C=O) groups is 1. The van der Waals surface area contributed by atoms with Gasteiger partial charge in [0, 0.05) is 13.7 Å². The van der Waals surface area contributed by atoms with Crippen LogP contribution in [0.3, 0.4) is 0 Å². The van der Waals surface area contributed by atoms with E-state index in [1.54, 1.807) is 24.2 Å². The molecule has 2 aliphatic rings. The highest BCUT2D eigenvalue weighted by Crippen LogP contribution is 2.32. The quantitative estimate of drug-likeness (QED) is 0.548. The Morgan fingerprint density at radius 1 is 1.65 bits per heavy atom. The number of carbonyl (C=O) groups excluding carboxylic acids is 1. The van der Waals surface area contributed by atoms with Gasteiger partial charge in [-0.2, -0.15) is 0 Å². The highest BCUT2D eigenvalue weighted by Gasteiger charge is 2.49. The molecule has 1 N–H and O–H groups in total. The Kier molecular flexibility index (Phi) is 3.98. The van der Waals surface area contributed by atoms with E-state index < -0.39 is 0 Å². The van der Waals surface area contributed by atoms with Gasteiger partial charge in [-0.25, -0.2) is 4.79 Å². The summed E-state index contributed by atoms with van der Waals surface area (Å²) in [5, 5.41) is 8.75. The molecule has 2 saturated heterocycles. The minimum absolute atomic E-state index is 0.0651. The van der Waals surface area contributed by atoms with Crippen molar-refractivity contribution in [2.75, 3.05) is 27.1 Å². The van der Waals surface area contributed by atoms with Gasteiger partial charge in [-0.05, 0) is 12.5 Å². The molecule has 96 valence electrons. The van der Waals surface area contributed by atoms with Crippen molar-refractivity contribution >= 4 is 6.09 Å². The Bertz CT molecular complexity index is 306. The van der Waals surface area contributed by atoms with Gasteiger partial charge in [0.25, 0.3) is 0 Å². The molecule has 0 aromatic carbocycles. The molecule has 0 aromatic rings. The van der Waals surface area contributed by atoms with Gasteiger partial charge >= 0.3 is 6.09 Å². The molecule has 2 aliphatic heterocycles. The summed E-state index contributed by atoms with van der Waals surface area (Å²) in [5.74, 6) is 0. The first-order valence-corrected chi connectivity index (χ1v) is 5.63. The molecule has 0 radical (unpaired) electrons. The molecule has 6 heteroatoms. The number of hydrogen-bond acceptors (Lipinski definition) is 5. The Morgan fingerprint density at radius 3 is 3.18 bits per heavy atom. The SMILES string of the molecule is COCO[C@H]1CCN2C(=O)O[C@H](/C=C/CO)[C@@H]12. The standard InChI is InChI=1S/C11H17NO5/c1-15-7-16-8-4-5-12-10(8)9(3-2-6-13)17-11(12)14/h2-3,8-10,13H,4-7H2,1H3/b3-2+/t8-,9+,10+/m0/s1. The zero-order valence-corrected chi connectivity index (χ0v) is 9.74. The Labute approximate surface area is 99.7 Å². The van der Waals surface area contributed by atoms with Crippen LogP contribution in [0.1, 0.15) is 6.42 Å². The van der Waals surface area contributed by atoms with Crippen molar-refractivity contribution in [3.05, 3.63) is 12.2 Å². The molecule has 0 aliphatic carbocycles. The molecule has 0 spiro atoms. The first-order valence-electron chi connectivity index (χ1n) is 5.63. The van der Waals surface area contributed by atoms with E-state index in [0.29, 0.717) is 6.54 Å². The normalized spacial score (nSPS) is 32.2. The van der Waals surface area contributed by atoms with Crippen molar-refractivity contribution in [2.45, 2.75) is 24.7 Å². The molecule has 2 heterocycles. The second-order valence-corrected chi connectivity index (χ2v) is 4.04. The predicted molar refractivity (Wildman–Crippen MR) is 58.4 cm³/mol. The number of aliphatic hydroxyl groups is 1. The van der Waals surface area contributed by atoms with Gasteiger partial charge in [0.1, 0.15) is 18.9 Å². The van der Waals surface area contributed by atoms with Crippen LogP contribution in [0.25, 0.3) is 0 Å². The molecule has 2 fully saturated rings. The first kappa shape index (κ1) is 12.3. The third-order valence-electron chi connectivity index (χ3n) is 3.03. The van der Waals surface area contributed by atoms with Crippen LogP contribution in [0.15, 0.2) is 12.2 Å². The van der Waals surface area contributed by atoms with E-state index in [2.05, 4.69) is 0 Å².